The van der Waals surface area contributed by atoms with Crippen LogP contribution in [0.5, 0.6) is 0 Å². The van der Waals surface area contributed by atoms with Crippen LogP contribution in [0.3, 0.4) is 0 Å². The third kappa shape index (κ3) is 3.57. The third-order valence-corrected chi connectivity index (χ3v) is 6.79. The van der Waals surface area contributed by atoms with Crippen molar-refractivity contribution in [1.29, 1.82) is 0 Å². The van der Waals surface area contributed by atoms with Crippen LogP contribution in [0.1, 0.15) is 47.5 Å². The highest BCUT2D eigenvalue weighted by molar-refractivity contribution is 5.80. The minimum Gasteiger partial charge on any atom is -0.378 e. The van der Waals surface area contributed by atoms with Crippen molar-refractivity contribution in [2.24, 2.45) is 16.3 Å². The fourth-order valence-corrected chi connectivity index (χ4v) is 4.20. The fraction of sp³-hybridized carbons (Fsp3) is 0.947. The molecule has 1 aliphatic heterocycles. The van der Waals surface area contributed by atoms with Gasteiger partial charge in [-0.15, -0.1) is 0 Å². The van der Waals surface area contributed by atoms with E-state index in [-0.39, 0.29) is 11.0 Å². The molecule has 2 fully saturated rings. The summed E-state index contributed by atoms with van der Waals surface area (Å²) in [4.78, 5) is 9.53. The molecule has 0 aromatic carbocycles. The number of hydrogen-bond donors (Lipinski definition) is 1. The fourth-order valence-electron chi connectivity index (χ4n) is 4.20. The Morgan fingerprint density at radius 1 is 1.29 bits per heavy atom. The highest BCUT2D eigenvalue weighted by Crippen LogP contribution is 2.51. The number of guanidine groups is 1. The Labute approximate surface area is 148 Å². The van der Waals surface area contributed by atoms with Crippen LogP contribution in [-0.2, 0) is 4.74 Å². The van der Waals surface area contributed by atoms with E-state index < -0.39 is 0 Å². The number of rotatable bonds is 6. The van der Waals surface area contributed by atoms with Gasteiger partial charge < -0.3 is 19.9 Å². The molecule has 2 aliphatic rings. The summed E-state index contributed by atoms with van der Waals surface area (Å²) in [6.45, 7) is 17.0. The van der Waals surface area contributed by atoms with Crippen molar-refractivity contribution in [2.75, 3.05) is 46.9 Å². The molecule has 0 aromatic heterocycles. The number of ether oxygens (including phenoxy) is 1. The van der Waals surface area contributed by atoms with E-state index in [1.807, 2.05) is 14.2 Å². The summed E-state index contributed by atoms with van der Waals surface area (Å²) in [5.74, 6) is 1.82. The summed E-state index contributed by atoms with van der Waals surface area (Å²) in [7, 11) is 3.73. The van der Waals surface area contributed by atoms with Crippen molar-refractivity contribution in [3.05, 3.63) is 0 Å². The van der Waals surface area contributed by atoms with Gasteiger partial charge in [0.15, 0.2) is 5.96 Å². The second kappa shape index (κ2) is 7.61. The van der Waals surface area contributed by atoms with Gasteiger partial charge in [0.2, 0.25) is 0 Å². The van der Waals surface area contributed by atoms with Gasteiger partial charge >= 0.3 is 0 Å². The molecule has 0 aromatic rings. The van der Waals surface area contributed by atoms with E-state index in [4.69, 9.17) is 4.74 Å². The van der Waals surface area contributed by atoms with Crippen molar-refractivity contribution in [3.8, 4) is 0 Å². The van der Waals surface area contributed by atoms with Gasteiger partial charge in [-0.25, -0.2) is 0 Å². The zero-order valence-corrected chi connectivity index (χ0v) is 16.9. The predicted molar refractivity (Wildman–Crippen MR) is 102 cm³/mol. The Morgan fingerprint density at radius 2 is 1.96 bits per heavy atom. The third-order valence-electron chi connectivity index (χ3n) is 6.79. The summed E-state index contributed by atoms with van der Waals surface area (Å²) in [6, 6.07) is 0.419. The van der Waals surface area contributed by atoms with E-state index in [1.54, 1.807) is 0 Å². The molecule has 1 saturated heterocycles. The van der Waals surface area contributed by atoms with E-state index in [1.165, 1.54) is 13.0 Å². The summed E-state index contributed by atoms with van der Waals surface area (Å²) in [5.41, 5.74) is 0.0673. The Hall–Kier alpha value is -0.810. The van der Waals surface area contributed by atoms with Crippen LogP contribution in [0.15, 0.2) is 4.99 Å². The second-order valence-corrected chi connectivity index (χ2v) is 8.19. The zero-order valence-electron chi connectivity index (χ0n) is 16.9. The number of methoxy groups -OCH3 is 1. The Bertz CT molecular complexity index is 447. The van der Waals surface area contributed by atoms with Gasteiger partial charge in [-0.05, 0) is 38.8 Å². The number of nitrogens with zero attached hydrogens (tertiary/aromatic N) is 3. The highest BCUT2D eigenvalue weighted by Gasteiger charge is 2.58. The first kappa shape index (κ1) is 19.5. The minimum atomic E-state index is -0.0418. The van der Waals surface area contributed by atoms with Crippen LogP contribution in [0.2, 0.25) is 0 Å². The van der Waals surface area contributed by atoms with Crippen LogP contribution in [-0.4, -0.2) is 74.3 Å². The quantitative estimate of drug-likeness (QED) is 0.596. The SMILES string of the molecule is CCN(CC)CC1CCN(C(=NC)NC2CC(C)(OC)C2(C)C)C1. The topological polar surface area (TPSA) is 40.1 Å². The van der Waals surface area contributed by atoms with Crippen LogP contribution < -0.4 is 5.32 Å². The molecule has 1 aliphatic carbocycles. The first-order valence-corrected chi connectivity index (χ1v) is 9.57. The largest absolute Gasteiger partial charge is 0.378 e. The zero-order chi connectivity index (χ0) is 18.0. The molecule has 0 amide bonds. The highest BCUT2D eigenvalue weighted by atomic mass is 16.5. The second-order valence-electron chi connectivity index (χ2n) is 8.19. The summed E-state index contributed by atoms with van der Waals surface area (Å²) in [5, 5.41) is 3.71. The Kier molecular flexibility index (Phi) is 6.19. The number of aliphatic imine (C=N–C) groups is 1. The predicted octanol–water partition coefficient (Wildman–Crippen LogP) is 2.43. The Morgan fingerprint density at radius 3 is 2.46 bits per heavy atom. The van der Waals surface area contributed by atoms with Gasteiger partial charge in [-0.3, -0.25) is 4.99 Å². The molecule has 1 saturated carbocycles. The molecule has 0 radical (unpaired) electrons. The molecule has 0 bridgehead atoms. The molecule has 1 N–H and O–H groups in total. The molecule has 3 atom stereocenters. The Balaban J connectivity index is 1.90. The van der Waals surface area contributed by atoms with Crippen LogP contribution in [0.25, 0.3) is 0 Å². The van der Waals surface area contributed by atoms with E-state index in [0.717, 1.165) is 44.5 Å². The van der Waals surface area contributed by atoms with Crippen LogP contribution in [0, 0.1) is 11.3 Å². The molecular formula is C19H38N4O. The van der Waals surface area contributed by atoms with E-state index >= 15 is 0 Å². The first-order valence-electron chi connectivity index (χ1n) is 9.57. The number of likely N-dealkylation sites (tertiary alicyclic amines) is 1. The van der Waals surface area contributed by atoms with E-state index in [9.17, 15) is 0 Å². The average Bonchev–Trinajstić information content (AvgIpc) is 3.04. The number of nitrogens with one attached hydrogen (secondary N) is 1. The average molecular weight is 339 g/mol. The molecule has 5 nitrogen and oxygen atoms in total. The molecule has 1 heterocycles. The van der Waals surface area contributed by atoms with Gasteiger partial charge in [-0.2, -0.15) is 0 Å². The molecular weight excluding hydrogens is 300 g/mol. The lowest BCUT2D eigenvalue weighted by Gasteiger charge is -2.59. The molecule has 2 rings (SSSR count). The van der Waals surface area contributed by atoms with Gasteiger partial charge in [0.25, 0.3) is 0 Å². The van der Waals surface area contributed by atoms with Gasteiger partial charge in [-0.1, -0.05) is 27.7 Å². The van der Waals surface area contributed by atoms with Crippen molar-refractivity contribution in [3.63, 3.8) is 0 Å². The van der Waals surface area contributed by atoms with E-state index in [0.29, 0.717) is 6.04 Å². The standard InChI is InChI=1S/C19H38N4O/c1-8-22(9-2)13-15-10-11-23(14-15)17(20-6)21-16-12-19(5,24-7)18(16,3)4/h15-16H,8-14H2,1-7H3,(H,20,21). The van der Waals surface area contributed by atoms with Crippen molar-refractivity contribution in [1.82, 2.24) is 15.1 Å². The lowest BCUT2D eigenvalue weighted by Crippen LogP contribution is -2.69. The first-order chi connectivity index (χ1) is 11.3. The van der Waals surface area contributed by atoms with Gasteiger partial charge in [0.1, 0.15) is 0 Å². The maximum Gasteiger partial charge on any atom is 0.193 e. The van der Waals surface area contributed by atoms with Gasteiger partial charge in [0, 0.05) is 45.2 Å². The number of hydrogen-bond acceptors (Lipinski definition) is 3. The van der Waals surface area contributed by atoms with Crippen LogP contribution >= 0.6 is 0 Å². The molecule has 0 spiro atoms. The molecule has 5 heteroatoms. The maximum absolute atomic E-state index is 5.75. The molecule has 24 heavy (non-hydrogen) atoms. The normalized spacial score (nSPS) is 33.0. The van der Waals surface area contributed by atoms with Gasteiger partial charge in [0.05, 0.1) is 5.60 Å². The lowest BCUT2D eigenvalue weighted by atomic mass is 9.56. The van der Waals surface area contributed by atoms with Crippen molar-refractivity contribution in [2.45, 2.75) is 59.1 Å². The molecule has 140 valence electrons. The minimum absolute atomic E-state index is 0.0418. The molecule has 3 unspecified atom stereocenters. The summed E-state index contributed by atoms with van der Waals surface area (Å²) >= 11 is 0. The van der Waals surface area contributed by atoms with Crippen molar-refractivity contribution < 1.29 is 4.74 Å². The van der Waals surface area contributed by atoms with E-state index in [2.05, 4.69) is 54.7 Å². The smallest absolute Gasteiger partial charge is 0.193 e. The summed E-state index contributed by atoms with van der Waals surface area (Å²) in [6.07, 6.45) is 2.30. The van der Waals surface area contributed by atoms with Crippen LogP contribution in [0.4, 0.5) is 0 Å². The lowest BCUT2D eigenvalue weighted by molar-refractivity contribution is -0.176. The summed E-state index contributed by atoms with van der Waals surface area (Å²) < 4.78 is 5.75. The maximum atomic E-state index is 5.75. The van der Waals surface area contributed by atoms with Crippen molar-refractivity contribution >= 4 is 5.96 Å². The monoisotopic (exact) mass is 338 g/mol.